The van der Waals surface area contributed by atoms with Crippen LogP contribution in [0.2, 0.25) is 0 Å². The average Bonchev–Trinajstić information content (AvgIpc) is 3.31. The number of H-pyrrole nitrogens is 1. The van der Waals surface area contributed by atoms with Crippen LogP contribution in [-0.4, -0.2) is 40.3 Å². The standard InChI is InChI=1S/C24H22FN5O3/c1-31-18-9-7-17(8-10-18)27-24-26-12-11-19(28-24)21-20(15-3-5-16(25)6-4-15)29-22(30-21)23-32-13-2-14-33-23/h3-12,23H,2,13-14H2,1H3,(H,29,30)(H,26,27,28). The van der Waals surface area contributed by atoms with Gasteiger partial charge in [0.2, 0.25) is 12.2 Å². The van der Waals surface area contributed by atoms with Crippen LogP contribution in [0.3, 0.4) is 0 Å². The maximum Gasteiger partial charge on any atom is 0.227 e. The Morgan fingerprint density at radius 2 is 1.76 bits per heavy atom. The fraction of sp³-hybridized carbons (Fsp3) is 0.208. The van der Waals surface area contributed by atoms with Gasteiger partial charge in [0.05, 0.1) is 37.4 Å². The van der Waals surface area contributed by atoms with E-state index in [1.54, 1.807) is 31.5 Å². The second-order valence-corrected chi connectivity index (χ2v) is 7.40. The second kappa shape index (κ2) is 9.35. The normalized spacial score (nSPS) is 14.2. The van der Waals surface area contributed by atoms with Crippen LogP contribution in [0.15, 0.2) is 60.8 Å². The molecule has 0 unspecified atom stereocenters. The Bertz CT molecular complexity index is 1220. The molecule has 8 nitrogen and oxygen atoms in total. The van der Waals surface area contributed by atoms with Crippen LogP contribution in [0.5, 0.6) is 5.75 Å². The van der Waals surface area contributed by atoms with Gasteiger partial charge in [-0.1, -0.05) is 0 Å². The maximum absolute atomic E-state index is 13.5. The largest absolute Gasteiger partial charge is 0.497 e. The molecule has 2 aromatic heterocycles. The van der Waals surface area contributed by atoms with E-state index in [2.05, 4.69) is 20.3 Å². The van der Waals surface area contributed by atoms with Gasteiger partial charge in [0.1, 0.15) is 11.6 Å². The minimum Gasteiger partial charge on any atom is -0.497 e. The van der Waals surface area contributed by atoms with Crippen molar-refractivity contribution in [2.75, 3.05) is 25.6 Å². The summed E-state index contributed by atoms with van der Waals surface area (Å²) in [6.45, 7) is 1.19. The van der Waals surface area contributed by atoms with Crippen molar-refractivity contribution in [2.24, 2.45) is 0 Å². The second-order valence-electron chi connectivity index (χ2n) is 7.40. The summed E-state index contributed by atoms with van der Waals surface area (Å²) in [5, 5.41) is 3.19. The van der Waals surface area contributed by atoms with Gasteiger partial charge in [-0.05, 0) is 61.0 Å². The van der Waals surface area contributed by atoms with Gasteiger partial charge in [-0.3, -0.25) is 0 Å². The van der Waals surface area contributed by atoms with Crippen molar-refractivity contribution in [1.29, 1.82) is 0 Å². The first kappa shape index (κ1) is 21.0. The van der Waals surface area contributed by atoms with Crippen molar-refractivity contribution in [1.82, 2.24) is 19.9 Å². The van der Waals surface area contributed by atoms with E-state index in [4.69, 9.17) is 19.2 Å². The van der Waals surface area contributed by atoms with Crippen LogP contribution < -0.4 is 10.1 Å². The molecule has 1 saturated heterocycles. The van der Waals surface area contributed by atoms with Crippen molar-refractivity contribution >= 4 is 11.6 Å². The van der Waals surface area contributed by atoms with E-state index in [1.807, 2.05) is 24.3 Å². The predicted molar refractivity (Wildman–Crippen MR) is 121 cm³/mol. The molecule has 3 heterocycles. The van der Waals surface area contributed by atoms with Crippen LogP contribution in [0.1, 0.15) is 18.5 Å². The maximum atomic E-state index is 13.5. The lowest BCUT2D eigenvalue weighted by molar-refractivity contribution is -0.186. The van der Waals surface area contributed by atoms with E-state index in [1.165, 1.54) is 12.1 Å². The SMILES string of the molecule is COc1ccc(Nc2nccc(-c3[nH]c(C4OCCCO4)nc3-c3ccc(F)cc3)n2)cc1. The van der Waals surface area contributed by atoms with Crippen molar-refractivity contribution in [3.8, 4) is 28.4 Å². The highest BCUT2D eigenvalue weighted by Gasteiger charge is 2.24. The number of anilines is 2. The summed E-state index contributed by atoms with van der Waals surface area (Å²) in [7, 11) is 1.62. The van der Waals surface area contributed by atoms with E-state index < -0.39 is 6.29 Å². The third-order valence-corrected chi connectivity index (χ3v) is 5.15. The van der Waals surface area contributed by atoms with Crippen molar-refractivity contribution in [2.45, 2.75) is 12.7 Å². The molecule has 4 aromatic rings. The number of hydrogen-bond acceptors (Lipinski definition) is 7. The number of rotatable bonds is 6. The molecular weight excluding hydrogens is 425 g/mol. The summed E-state index contributed by atoms with van der Waals surface area (Å²) >= 11 is 0. The lowest BCUT2D eigenvalue weighted by Crippen LogP contribution is -2.18. The zero-order chi connectivity index (χ0) is 22.6. The van der Waals surface area contributed by atoms with Gasteiger partial charge in [-0.2, -0.15) is 0 Å². The molecule has 1 aliphatic heterocycles. The van der Waals surface area contributed by atoms with Gasteiger partial charge in [-0.25, -0.2) is 19.3 Å². The monoisotopic (exact) mass is 447 g/mol. The highest BCUT2D eigenvalue weighted by molar-refractivity contribution is 5.77. The first-order chi connectivity index (χ1) is 16.2. The van der Waals surface area contributed by atoms with E-state index in [0.717, 1.165) is 23.4 Å². The molecule has 0 spiro atoms. The Kier molecular flexibility index (Phi) is 5.97. The number of aromatic nitrogens is 4. The summed E-state index contributed by atoms with van der Waals surface area (Å²) in [5.41, 5.74) is 3.47. The van der Waals surface area contributed by atoms with Gasteiger partial charge in [0.25, 0.3) is 0 Å². The number of methoxy groups -OCH3 is 1. The van der Waals surface area contributed by atoms with Gasteiger partial charge in [0, 0.05) is 17.4 Å². The molecule has 0 saturated carbocycles. The van der Waals surface area contributed by atoms with E-state index in [-0.39, 0.29) is 5.82 Å². The minimum atomic E-state index is -0.592. The first-order valence-corrected chi connectivity index (χ1v) is 10.5. The molecule has 0 amide bonds. The molecular formula is C24H22FN5O3. The number of benzene rings is 2. The molecule has 2 aromatic carbocycles. The lowest BCUT2D eigenvalue weighted by Gasteiger charge is -2.21. The highest BCUT2D eigenvalue weighted by atomic mass is 19.1. The Hall–Kier alpha value is -3.82. The van der Waals surface area contributed by atoms with Gasteiger partial charge in [0.15, 0.2) is 5.82 Å². The first-order valence-electron chi connectivity index (χ1n) is 10.5. The van der Waals surface area contributed by atoms with E-state index in [9.17, 15) is 4.39 Å². The summed E-state index contributed by atoms with van der Waals surface area (Å²) < 4.78 is 30.1. The minimum absolute atomic E-state index is 0.317. The Labute approximate surface area is 189 Å². The number of nitrogens with one attached hydrogen (secondary N) is 2. The quantitative estimate of drug-likeness (QED) is 0.436. The summed E-state index contributed by atoms with van der Waals surface area (Å²) in [4.78, 5) is 17.0. The Balaban J connectivity index is 1.51. The number of imidazole rings is 1. The molecule has 1 fully saturated rings. The molecule has 9 heteroatoms. The van der Waals surface area contributed by atoms with Crippen molar-refractivity contribution < 1.29 is 18.6 Å². The molecule has 0 atom stereocenters. The fourth-order valence-electron chi connectivity index (χ4n) is 3.51. The lowest BCUT2D eigenvalue weighted by atomic mass is 10.1. The number of aromatic amines is 1. The summed E-state index contributed by atoms with van der Waals surface area (Å²) in [6.07, 6.45) is 1.91. The van der Waals surface area contributed by atoms with Crippen molar-refractivity contribution in [3.05, 3.63) is 72.4 Å². The molecule has 1 aliphatic rings. The van der Waals surface area contributed by atoms with Crippen molar-refractivity contribution in [3.63, 3.8) is 0 Å². The molecule has 0 aliphatic carbocycles. The Morgan fingerprint density at radius 3 is 2.48 bits per heavy atom. The van der Waals surface area contributed by atoms with E-state index >= 15 is 0 Å². The topological polar surface area (TPSA) is 94.2 Å². The third-order valence-electron chi connectivity index (χ3n) is 5.15. The van der Waals surface area contributed by atoms with Crippen LogP contribution in [-0.2, 0) is 9.47 Å². The smallest absolute Gasteiger partial charge is 0.227 e. The fourth-order valence-corrected chi connectivity index (χ4v) is 3.51. The third kappa shape index (κ3) is 4.69. The Morgan fingerprint density at radius 1 is 1.00 bits per heavy atom. The zero-order valence-corrected chi connectivity index (χ0v) is 17.9. The molecule has 0 radical (unpaired) electrons. The molecule has 33 heavy (non-hydrogen) atoms. The molecule has 2 N–H and O–H groups in total. The van der Waals surface area contributed by atoms with Gasteiger partial charge in [-0.15, -0.1) is 0 Å². The van der Waals surface area contributed by atoms with E-state index in [0.29, 0.717) is 42.1 Å². The summed E-state index contributed by atoms with van der Waals surface area (Å²) in [5.74, 6) is 1.40. The highest BCUT2D eigenvalue weighted by Crippen LogP contribution is 2.33. The van der Waals surface area contributed by atoms with Crippen LogP contribution >= 0.6 is 0 Å². The van der Waals surface area contributed by atoms with Crippen LogP contribution in [0, 0.1) is 5.82 Å². The molecule has 168 valence electrons. The number of hydrogen-bond donors (Lipinski definition) is 2. The zero-order valence-electron chi connectivity index (χ0n) is 17.9. The number of halogens is 1. The van der Waals surface area contributed by atoms with Gasteiger partial charge >= 0.3 is 0 Å². The van der Waals surface area contributed by atoms with Gasteiger partial charge < -0.3 is 24.5 Å². The average molecular weight is 447 g/mol. The van der Waals surface area contributed by atoms with Crippen LogP contribution in [0.4, 0.5) is 16.0 Å². The predicted octanol–water partition coefficient (Wildman–Crippen LogP) is 4.86. The number of nitrogens with zero attached hydrogens (tertiary/aromatic N) is 3. The molecule has 5 rings (SSSR count). The van der Waals surface area contributed by atoms with Crippen LogP contribution in [0.25, 0.3) is 22.6 Å². The molecule has 0 bridgehead atoms. The summed E-state index contributed by atoms with van der Waals surface area (Å²) in [6, 6.07) is 15.4. The number of ether oxygens (including phenoxy) is 3.